The molecule has 3 atom stereocenters. The number of rotatable bonds is 7. The molecule has 0 spiro atoms. The highest BCUT2D eigenvalue weighted by Crippen LogP contribution is 2.50. The molecular formula is C27H29NO4. The van der Waals surface area contributed by atoms with Crippen molar-refractivity contribution >= 4 is 5.78 Å². The average molecular weight is 432 g/mol. The smallest absolute Gasteiger partial charge is 0.165 e. The third-order valence-electron chi connectivity index (χ3n) is 6.03. The van der Waals surface area contributed by atoms with Gasteiger partial charge >= 0.3 is 0 Å². The standard InChI is InChI=1S/C27H29NO4/c1-28(2)26-21-13-9-8-12-20(21)25(17-23(29)18-10-6-5-7-11-18)32-27(26)22-16-19(30-3)14-15-24(22)31-4/h5-16,25-27H,17H2,1-4H3/t25-,26+,27-/m1/s1. The van der Waals surface area contributed by atoms with Crippen LogP contribution in [0.15, 0.2) is 72.8 Å². The van der Waals surface area contributed by atoms with Gasteiger partial charge in [-0.05, 0) is 43.4 Å². The lowest BCUT2D eigenvalue weighted by molar-refractivity contribution is -0.0726. The number of hydrogen-bond acceptors (Lipinski definition) is 5. The molecule has 5 heteroatoms. The zero-order valence-corrected chi connectivity index (χ0v) is 18.9. The van der Waals surface area contributed by atoms with Gasteiger partial charge in [0.25, 0.3) is 0 Å². The maximum atomic E-state index is 13.1. The second-order valence-electron chi connectivity index (χ2n) is 8.18. The minimum atomic E-state index is -0.365. The maximum absolute atomic E-state index is 13.1. The molecule has 0 fully saturated rings. The van der Waals surface area contributed by atoms with E-state index in [2.05, 4.69) is 17.0 Å². The summed E-state index contributed by atoms with van der Waals surface area (Å²) in [7, 11) is 7.39. The molecule has 1 aliphatic rings. The van der Waals surface area contributed by atoms with E-state index in [0.29, 0.717) is 5.56 Å². The zero-order valence-electron chi connectivity index (χ0n) is 18.9. The molecule has 1 heterocycles. The summed E-state index contributed by atoms with van der Waals surface area (Å²) in [6, 6.07) is 23.3. The first kappa shape index (κ1) is 22.1. The maximum Gasteiger partial charge on any atom is 0.165 e. The van der Waals surface area contributed by atoms with Gasteiger partial charge < -0.3 is 14.2 Å². The van der Waals surface area contributed by atoms with E-state index in [1.165, 1.54) is 0 Å². The number of carbonyl (C=O) groups is 1. The third-order valence-corrected chi connectivity index (χ3v) is 6.03. The molecule has 1 aliphatic heterocycles. The Morgan fingerprint density at radius 2 is 1.56 bits per heavy atom. The lowest BCUT2D eigenvalue weighted by Crippen LogP contribution is -2.34. The summed E-state index contributed by atoms with van der Waals surface area (Å²) in [5, 5.41) is 0. The average Bonchev–Trinajstić information content (AvgIpc) is 2.83. The Labute approximate surface area is 189 Å². The number of carbonyl (C=O) groups excluding carboxylic acids is 1. The summed E-state index contributed by atoms with van der Waals surface area (Å²) >= 11 is 0. The van der Waals surface area contributed by atoms with Crippen molar-refractivity contribution in [2.24, 2.45) is 0 Å². The van der Waals surface area contributed by atoms with Gasteiger partial charge in [-0.25, -0.2) is 0 Å². The summed E-state index contributed by atoms with van der Waals surface area (Å²) in [5.74, 6) is 1.53. The van der Waals surface area contributed by atoms with Gasteiger partial charge in [0, 0.05) is 17.5 Å². The Kier molecular flexibility index (Phi) is 6.58. The zero-order chi connectivity index (χ0) is 22.7. The first-order valence-electron chi connectivity index (χ1n) is 10.7. The van der Waals surface area contributed by atoms with Crippen molar-refractivity contribution < 1.29 is 19.0 Å². The van der Waals surface area contributed by atoms with Crippen LogP contribution in [-0.2, 0) is 4.74 Å². The van der Waals surface area contributed by atoms with Crippen LogP contribution in [0.2, 0.25) is 0 Å². The summed E-state index contributed by atoms with van der Waals surface area (Å²) in [4.78, 5) is 15.2. The Morgan fingerprint density at radius 3 is 2.22 bits per heavy atom. The number of Topliss-reactive ketones (excluding diaryl/α,β-unsaturated/α-hetero) is 1. The van der Waals surface area contributed by atoms with Gasteiger partial charge in [0.1, 0.15) is 17.6 Å². The van der Waals surface area contributed by atoms with Crippen LogP contribution >= 0.6 is 0 Å². The number of nitrogens with zero attached hydrogens (tertiary/aromatic N) is 1. The van der Waals surface area contributed by atoms with E-state index >= 15 is 0 Å². The molecule has 3 aromatic carbocycles. The van der Waals surface area contributed by atoms with E-state index in [1.807, 2.05) is 74.8 Å². The Balaban J connectivity index is 1.79. The Bertz CT molecular complexity index is 1080. The first-order chi connectivity index (χ1) is 15.5. The van der Waals surface area contributed by atoms with Gasteiger partial charge in [-0.3, -0.25) is 9.69 Å². The van der Waals surface area contributed by atoms with Crippen molar-refractivity contribution in [1.29, 1.82) is 0 Å². The molecule has 5 nitrogen and oxygen atoms in total. The number of ether oxygens (including phenoxy) is 3. The molecule has 0 aliphatic carbocycles. The lowest BCUT2D eigenvalue weighted by atomic mass is 9.84. The molecule has 0 saturated carbocycles. The van der Waals surface area contributed by atoms with Gasteiger partial charge in [-0.2, -0.15) is 0 Å². The van der Waals surface area contributed by atoms with Crippen molar-refractivity contribution in [3.63, 3.8) is 0 Å². The number of benzene rings is 3. The summed E-state index contributed by atoms with van der Waals surface area (Å²) in [5.41, 5.74) is 3.80. The molecule has 0 radical (unpaired) electrons. The normalized spacial score (nSPS) is 20.0. The summed E-state index contributed by atoms with van der Waals surface area (Å²) in [6.45, 7) is 0. The van der Waals surface area contributed by atoms with Gasteiger partial charge in [0.2, 0.25) is 0 Å². The number of ketones is 1. The first-order valence-corrected chi connectivity index (χ1v) is 10.7. The van der Waals surface area contributed by atoms with Crippen LogP contribution in [0.1, 0.15) is 51.7 Å². The van der Waals surface area contributed by atoms with Crippen LogP contribution in [0.3, 0.4) is 0 Å². The highest BCUT2D eigenvalue weighted by molar-refractivity contribution is 5.96. The van der Waals surface area contributed by atoms with E-state index < -0.39 is 0 Å². The van der Waals surface area contributed by atoms with E-state index in [-0.39, 0.29) is 30.5 Å². The van der Waals surface area contributed by atoms with E-state index in [1.54, 1.807) is 14.2 Å². The van der Waals surface area contributed by atoms with Gasteiger partial charge in [0.15, 0.2) is 5.78 Å². The lowest BCUT2D eigenvalue weighted by Gasteiger charge is -2.42. The molecule has 0 N–H and O–H groups in total. The van der Waals surface area contributed by atoms with Gasteiger partial charge in [-0.1, -0.05) is 54.6 Å². The SMILES string of the molecule is COc1ccc(OC)c([C@H]2O[C@H](CC(=O)c3ccccc3)c3ccccc3[C@@H]2N(C)C)c1. The minimum Gasteiger partial charge on any atom is -0.497 e. The molecule has 3 aromatic rings. The van der Waals surface area contributed by atoms with Crippen LogP contribution in [0.25, 0.3) is 0 Å². The quantitative estimate of drug-likeness (QED) is 0.469. The minimum absolute atomic E-state index is 0.0460. The van der Waals surface area contributed by atoms with E-state index in [9.17, 15) is 4.79 Å². The van der Waals surface area contributed by atoms with Crippen molar-refractivity contribution in [1.82, 2.24) is 4.90 Å². The van der Waals surface area contributed by atoms with Crippen LogP contribution in [0.4, 0.5) is 0 Å². The molecule has 0 aromatic heterocycles. The predicted octanol–water partition coefficient (Wildman–Crippen LogP) is 5.39. The molecule has 32 heavy (non-hydrogen) atoms. The van der Waals surface area contributed by atoms with Crippen LogP contribution in [-0.4, -0.2) is 39.0 Å². The third kappa shape index (κ3) is 4.27. The second kappa shape index (κ2) is 9.55. The largest absolute Gasteiger partial charge is 0.497 e. The Hall–Kier alpha value is -3.15. The van der Waals surface area contributed by atoms with E-state index in [4.69, 9.17) is 14.2 Å². The van der Waals surface area contributed by atoms with Crippen LogP contribution in [0, 0.1) is 0 Å². The molecule has 0 amide bonds. The molecule has 0 unspecified atom stereocenters. The monoisotopic (exact) mass is 431 g/mol. The predicted molar refractivity (Wildman–Crippen MR) is 124 cm³/mol. The molecule has 0 saturated heterocycles. The van der Waals surface area contributed by atoms with Crippen molar-refractivity contribution in [3.8, 4) is 11.5 Å². The fraction of sp³-hybridized carbons (Fsp3) is 0.296. The number of likely N-dealkylation sites (N-methyl/N-ethyl adjacent to an activating group) is 1. The Morgan fingerprint density at radius 1 is 0.875 bits per heavy atom. The highest BCUT2D eigenvalue weighted by atomic mass is 16.5. The number of hydrogen-bond donors (Lipinski definition) is 0. The summed E-state index contributed by atoms with van der Waals surface area (Å²) < 4.78 is 17.9. The van der Waals surface area contributed by atoms with E-state index in [0.717, 1.165) is 28.2 Å². The second-order valence-corrected chi connectivity index (χ2v) is 8.18. The van der Waals surface area contributed by atoms with Gasteiger partial charge in [0.05, 0.1) is 26.4 Å². The van der Waals surface area contributed by atoms with Crippen LogP contribution in [0.5, 0.6) is 11.5 Å². The molecule has 0 bridgehead atoms. The number of fused-ring (bicyclic) bond motifs is 1. The highest BCUT2D eigenvalue weighted by Gasteiger charge is 2.40. The molecule has 4 rings (SSSR count). The van der Waals surface area contributed by atoms with Crippen molar-refractivity contribution in [2.75, 3.05) is 28.3 Å². The molecular weight excluding hydrogens is 402 g/mol. The summed E-state index contributed by atoms with van der Waals surface area (Å²) in [6.07, 6.45) is -0.432. The fourth-order valence-corrected chi connectivity index (χ4v) is 4.48. The van der Waals surface area contributed by atoms with Crippen molar-refractivity contribution in [3.05, 3.63) is 95.1 Å². The molecule has 166 valence electrons. The van der Waals surface area contributed by atoms with Gasteiger partial charge in [-0.15, -0.1) is 0 Å². The van der Waals surface area contributed by atoms with Crippen molar-refractivity contribution in [2.45, 2.75) is 24.7 Å². The number of methoxy groups -OCH3 is 2. The van der Waals surface area contributed by atoms with Crippen LogP contribution < -0.4 is 9.47 Å². The fourth-order valence-electron chi connectivity index (χ4n) is 4.48. The topological polar surface area (TPSA) is 48.0 Å².